The fourth-order valence-electron chi connectivity index (χ4n) is 3.18. The van der Waals surface area contributed by atoms with Crippen LogP contribution in [-0.4, -0.2) is 34.6 Å². The number of fused-ring (bicyclic) bond motifs is 1. The molecule has 3 heterocycles. The van der Waals surface area contributed by atoms with Gasteiger partial charge in [-0.25, -0.2) is 4.98 Å². The third kappa shape index (κ3) is 1.89. The molecule has 0 aliphatic carbocycles. The maximum atomic E-state index is 4.88. The van der Waals surface area contributed by atoms with Gasteiger partial charge in [0.25, 0.3) is 0 Å². The first-order valence-corrected chi connectivity index (χ1v) is 6.72. The molecule has 1 saturated heterocycles. The molecule has 1 aromatic heterocycles. The van der Waals surface area contributed by atoms with E-state index in [1.54, 1.807) is 0 Å². The van der Waals surface area contributed by atoms with Crippen LogP contribution in [0.15, 0.2) is 0 Å². The molecular weight excluding hydrogens is 212 g/mol. The largest absolute Gasteiger partial charge is 0.333 e. The van der Waals surface area contributed by atoms with Crippen LogP contribution in [-0.2, 0) is 20.0 Å². The van der Waals surface area contributed by atoms with Crippen molar-refractivity contribution in [2.75, 3.05) is 20.1 Å². The fourth-order valence-corrected chi connectivity index (χ4v) is 3.18. The Morgan fingerprint density at radius 1 is 1.29 bits per heavy atom. The van der Waals surface area contributed by atoms with Crippen molar-refractivity contribution in [2.45, 2.75) is 38.3 Å². The van der Waals surface area contributed by atoms with Gasteiger partial charge >= 0.3 is 0 Å². The second kappa shape index (κ2) is 4.42. The molecule has 94 valence electrons. The van der Waals surface area contributed by atoms with E-state index in [4.69, 9.17) is 4.98 Å². The lowest BCUT2D eigenvalue weighted by Gasteiger charge is -2.31. The summed E-state index contributed by atoms with van der Waals surface area (Å²) >= 11 is 0. The Morgan fingerprint density at radius 3 is 2.94 bits per heavy atom. The first-order chi connectivity index (χ1) is 8.27. The maximum absolute atomic E-state index is 4.88. The van der Waals surface area contributed by atoms with Crippen molar-refractivity contribution in [3.63, 3.8) is 0 Å². The van der Waals surface area contributed by atoms with Crippen LogP contribution in [0.2, 0.25) is 0 Å². The highest BCUT2D eigenvalue weighted by atomic mass is 15.2. The van der Waals surface area contributed by atoms with Gasteiger partial charge in [-0.15, -0.1) is 0 Å². The number of piperidine rings is 1. The molecule has 3 rings (SSSR count). The van der Waals surface area contributed by atoms with Gasteiger partial charge in [0.15, 0.2) is 0 Å². The molecule has 1 aromatic rings. The van der Waals surface area contributed by atoms with E-state index in [2.05, 4.69) is 28.9 Å². The fraction of sp³-hybridized carbons (Fsp3) is 0.769. The summed E-state index contributed by atoms with van der Waals surface area (Å²) in [7, 11) is 4.42. The molecule has 4 heteroatoms. The van der Waals surface area contributed by atoms with Crippen molar-refractivity contribution < 1.29 is 0 Å². The SMILES string of the molecule is CN1CCCCC1c1nc2c(n1C)CCNC2. The Kier molecular flexibility index (Phi) is 2.92. The number of nitrogens with one attached hydrogen (secondary N) is 1. The van der Waals surface area contributed by atoms with E-state index in [0.717, 1.165) is 19.5 Å². The third-order valence-electron chi connectivity index (χ3n) is 4.23. The number of aromatic nitrogens is 2. The molecule has 1 unspecified atom stereocenters. The zero-order valence-electron chi connectivity index (χ0n) is 10.9. The quantitative estimate of drug-likeness (QED) is 0.793. The van der Waals surface area contributed by atoms with Crippen LogP contribution in [0.3, 0.4) is 0 Å². The lowest BCUT2D eigenvalue weighted by Crippen LogP contribution is -2.31. The van der Waals surface area contributed by atoms with E-state index in [0.29, 0.717) is 6.04 Å². The third-order valence-corrected chi connectivity index (χ3v) is 4.23. The highest BCUT2D eigenvalue weighted by Gasteiger charge is 2.27. The van der Waals surface area contributed by atoms with Crippen LogP contribution in [0.5, 0.6) is 0 Å². The zero-order valence-corrected chi connectivity index (χ0v) is 10.9. The van der Waals surface area contributed by atoms with Crippen LogP contribution >= 0.6 is 0 Å². The van der Waals surface area contributed by atoms with E-state index in [1.807, 2.05) is 0 Å². The molecule has 2 aliphatic rings. The summed E-state index contributed by atoms with van der Waals surface area (Å²) in [5.74, 6) is 1.28. The van der Waals surface area contributed by atoms with Gasteiger partial charge in [0.2, 0.25) is 0 Å². The summed E-state index contributed by atoms with van der Waals surface area (Å²) in [6, 6.07) is 0.527. The van der Waals surface area contributed by atoms with Crippen LogP contribution < -0.4 is 5.32 Å². The number of imidazole rings is 1. The molecule has 0 radical (unpaired) electrons. The smallest absolute Gasteiger partial charge is 0.126 e. The molecule has 1 atom stereocenters. The second-order valence-corrected chi connectivity index (χ2v) is 5.34. The second-order valence-electron chi connectivity index (χ2n) is 5.34. The first-order valence-electron chi connectivity index (χ1n) is 6.72. The summed E-state index contributed by atoms with van der Waals surface area (Å²) < 4.78 is 2.35. The van der Waals surface area contributed by atoms with E-state index in [-0.39, 0.29) is 0 Å². The Labute approximate surface area is 103 Å². The number of hydrogen-bond acceptors (Lipinski definition) is 3. The highest BCUT2D eigenvalue weighted by Crippen LogP contribution is 2.30. The average Bonchev–Trinajstić information content (AvgIpc) is 2.68. The number of nitrogens with zero attached hydrogens (tertiary/aromatic N) is 3. The monoisotopic (exact) mass is 234 g/mol. The summed E-state index contributed by atoms with van der Waals surface area (Å²) in [6.07, 6.45) is 5.05. The molecule has 1 N–H and O–H groups in total. The van der Waals surface area contributed by atoms with Gasteiger partial charge in [-0.2, -0.15) is 0 Å². The van der Waals surface area contributed by atoms with Gasteiger partial charge in [-0.05, 0) is 26.4 Å². The van der Waals surface area contributed by atoms with Gasteiger partial charge in [-0.1, -0.05) is 6.42 Å². The molecule has 0 amide bonds. The van der Waals surface area contributed by atoms with Gasteiger partial charge < -0.3 is 9.88 Å². The Bertz CT molecular complexity index is 410. The number of rotatable bonds is 1. The van der Waals surface area contributed by atoms with Gasteiger partial charge in [-0.3, -0.25) is 4.90 Å². The zero-order chi connectivity index (χ0) is 11.8. The minimum atomic E-state index is 0.527. The molecule has 17 heavy (non-hydrogen) atoms. The van der Waals surface area contributed by atoms with Crippen LogP contribution in [0, 0.1) is 0 Å². The van der Waals surface area contributed by atoms with Crippen molar-refractivity contribution in [2.24, 2.45) is 7.05 Å². The van der Waals surface area contributed by atoms with Gasteiger partial charge in [0, 0.05) is 32.3 Å². The van der Waals surface area contributed by atoms with Crippen molar-refractivity contribution >= 4 is 0 Å². The minimum Gasteiger partial charge on any atom is -0.333 e. The van der Waals surface area contributed by atoms with E-state index in [1.165, 1.54) is 43.0 Å². The summed E-state index contributed by atoms with van der Waals surface area (Å²) in [6.45, 7) is 3.24. The van der Waals surface area contributed by atoms with Crippen molar-refractivity contribution in [3.05, 3.63) is 17.2 Å². The number of hydrogen-bond donors (Lipinski definition) is 1. The molecule has 2 aliphatic heterocycles. The Hall–Kier alpha value is -0.870. The number of likely N-dealkylation sites (tertiary alicyclic amines) is 1. The molecule has 1 fully saturated rings. The van der Waals surface area contributed by atoms with Crippen LogP contribution in [0.4, 0.5) is 0 Å². The summed E-state index contributed by atoms with van der Waals surface area (Å²) in [4.78, 5) is 7.35. The lowest BCUT2D eigenvalue weighted by molar-refractivity contribution is 0.176. The van der Waals surface area contributed by atoms with Gasteiger partial charge in [0.05, 0.1) is 11.7 Å². The highest BCUT2D eigenvalue weighted by molar-refractivity contribution is 5.21. The summed E-state index contributed by atoms with van der Waals surface area (Å²) in [5, 5.41) is 3.41. The molecule has 0 saturated carbocycles. The van der Waals surface area contributed by atoms with Crippen LogP contribution in [0.25, 0.3) is 0 Å². The lowest BCUT2D eigenvalue weighted by atomic mass is 10.0. The standard InChI is InChI=1S/C13H22N4/c1-16-8-4-3-5-12(16)13-15-10-9-14-7-6-11(10)17(13)2/h12,14H,3-9H2,1-2H3. The first kappa shape index (κ1) is 11.2. The van der Waals surface area contributed by atoms with Crippen LogP contribution in [0.1, 0.15) is 42.5 Å². The molecular formula is C13H22N4. The van der Waals surface area contributed by atoms with Gasteiger partial charge in [0.1, 0.15) is 5.82 Å². The van der Waals surface area contributed by atoms with E-state index in [9.17, 15) is 0 Å². The predicted molar refractivity (Wildman–Crippen MR) is 67.8 cm³/mol. The van der Waals surface area contributed by atoms with E-state index < -0.39 is 0 Å². The van der Waals surface area contributed by atoms with E-state index >= 15 is 0 Å². The molecule has 4 nitrogen and oxygen atoms in total. The molecule has 0 bridgehead atoms. The minimum absolute atomic E-state index is 0.527. The maximum Gasteiger partial charge on any atom is 0.126 e. The molecule has 0 aromatic carbocycles. The summed E-state index contributed by atoms with van der Waals surface area (Å²) in [5.41, 5.74) is 2.71. The Morgan fingerprint density at radius 2 is 2.18 bits per heavy atom. The molecule has 0 spiro atoms. The van der Waals surface area contributed by atoms with Crippen molar-refractivity contribution in [1.82, 2.24) is 19.8 Å². The normalized spacial score (nSPS) is 25.9. The predicted octanol–water partition coefficient (Wildman–Crippen LogP) is 1.22. The Balaban J connectivity index is 1.94. The average molecular weight is 234 g/mol. The van der Waals surface area contributed by atoms with Crippen molar-refractivity contribution in [3.8, 4) is 0 Å². The van der Waals surface area contributed by atoms with Crippen molar-refractivity contribution in [1.29, 1.82) is 0 Å². The topological polar surface area (TPSA) is 33.1 Å².